The monoisotopic (exact) mass is 578 g/mol. The normalized spacial score (nSPS) is 13.0. The molecule has 0 unspecified atom stereocenters. The smallest absolute Gasteiger partial charge is 0.160 e. The largest absolute Gasteiger partial charge is 0.343 e. The second kappa shape index (κ2) is 10.9. The number of anilines is 3. The first kappa shape index (κ1) is 27.2. The van der Waals surface area contributed by atoms with Gasteiger partial charge in [0.05, 0.1) is 15.4 Å². The topological polar surface area (TPSA) is 25.2 Å². The number of thiophene rings is 1. The second-order valence-electron chi connectivity index (χ2n) is 11.3. The van der Waals surface area contributed by atoms with Gasteiger partial charge in [0, 0.05) is 35.2 Å². The van der Waals surface area contributed by atoms with Crippen molar-refractivity contribution >= 4 is 34.7 Å². The van der Waals surface area contributed by atoms with Gasteiger partial charge in [-0.3, -0.25) is 4.79 Å². The van der Waals surface area contributed by atoms with Crippen molar-refractivity contribution in [1.82, 2.24) is 4.57 Å². The number of rotatable bonds is 8. The number of fused-ring (bicyclic) bond motifs is 3. The van der Waals surface area contributed by atoms with E-state index >= 15 is 0 Å². The van der Waals surface area contributed by atoms with Crippen LogP contribution < -0.4 is 4.90 Å². The zero-order chi connectivity index (χ0) is 29.6. The molecule has 0 atom stereocenters. The Labute approximate surface area is 257 Å². The van der Waals surface area contributed by atoms with Crippen molar-refractivity contribution in [3.05, 3.63) is 137 Å². The van der Waals surface area contributed by atoms with E-state index in [1.54, 1.807) is 0 Å². The summed E-state index contributed by atoms with van der Waals surface area (Å²) >= 11 is 1.53. The summed E-state index contributed by atoms with van der Waals surface area (Å²) in [5.41, 5.74) is 12.4. The number of para-hydroxylation sites is 2. The van der Waals surface area contributed by atoms with Gasteiger partial charge in [-0.15, -0.1) is 11.3 Å². The van der Waals surface area contributed by atoms with Crippen LogP contribution in [0.3, 0.4) is 0 Å². The summed E-state index contributed by atoms with van der Waals surface area (Å²) in [4.78, 5) is 15.5. The molecular formula is C39H34N2OS. The molecule has 4 aromatic carbocycles. The molecule has 0 fully saturated rings. The predicted octanol–water partition coefficient (Wildman–Crippen LogP) is 10.8. The SMILES string of the molecule is CCC1(CC)c2cc(-c3ccc(-c4ccc(C=O)s4)n3C)ccc2-c2ccc(N(c3ccccc3)c3ccccc3)cc21. The average Bonchev–Trinajstić information content (AvgIpc) is 3.76. The predicted molar refractivity (Wildman–Crippen MR) is 181 cm³/mol. The van der Waals surface area contributed by atoms with Gasteiger partial charge in [0.25, 0.3) is 0 Å². The van der Waals surface area contributed by atoms with Gasteiger partial charge in [0.15, 0.2) is 6.29 Å². The summed E-state index contributed by atoms with van der Waals surface area (Å²) in [6.45, 7) is 4.66. The van der Waals surface area contributed by atoms with E-state index in [2.05, 4.69) is 140 Å². The molecule has 43 heavy (non-hydrogen) atoms. The molecule has 0 N–H and O–H groups in total. The molecule has 0 saturated heterocycles. The van der Waals surface area contributed by atoms with Crippen molar-refractivity contribution in [3.8, 4) is 33.0 Å². The molecule has 0 bridgehead atoms. The zero-order valence-electron chi connectivity index (χ0n) is 24.7. The molecular weight excluding hydrogens is 545 g/mol. The van der Waals surface area contributed by atoms with Crippen molar-refractivity contribution < 1.29 is 4.79 Å². The molecule has 1 aliphatic carbocycles. The lowest BCUT2D eigenvalue weighted by atomic mass is 9.73. The first-order valence-electron chi connectivity index (χ1n) is 15.0. The summed E-state index contributed by atoms with van der Waals surface area (Å²) < 4.78 is 2.25. The summed E-state index contributed by atoms with van der Waals surface area (Å²) in [7, 11) is 2.12. The van der Waals surface area contributed by atoms with Gasteiger partial charge in [0.2, 0.25) is 0 Å². The van der Waals surface area contributed by atoms with Crippen LogP contribution in [0.2, 0.25) is 0 Å². The van der Waals surface area contributed by atoms with E-state index < -0.39 is 0 Å². The van der Waals surface area contributed by atoms with Gasteiger partial charge in [-0.25, -0.2) is 0 Å². The lowest BCUT2D eigenvalue weighted by Gasteiger charge is -2.32. The van der Waals surface area contributed by atoms with Crippen LogP contribution in [0.5, 0.6) is 0 Å². The zero-order valence-corrected chi connectivity index (χ0v) is 25.6. The van der Waals surface area contributed by atoms with Gasteiger partial charge in [-0.1, -0.05) is 68.4 Å². The lowest BCUT2D eigenvalue weighted by molar-refractivity contribution is 0.112. The number of hydrogen-bond donors (Lipinski definition) is 0. The molecule has 212 valence electrons. The highest BCUT2D eigenvalue weighted by atomic mass is 32.1. The maximum atomic E-state index is 11.3. The van der Waals surface area contributed by atoms with E-state index in [0.29, 0.717) is 0 Å². The van der Waals surface area contributed by atoms with Crippen LogP contribution >= 0.6 is 11.3 Å². The molecule has 6 aromatic rings. The van der Waals surface area contributed by atoms with Crippen LogP contribution in [0.15, 0.2) is 121 Å². The van der Waals surface area contributed by atoms with E-state index in [-0.39, 0.29) is 5.41 Å². The first-order chi connectivity index (χ1) is 21.1. The van der Waals surface area contributed by atoms with E-state index in [9.17, 15) is 4.79 Å². The molecule has 2 heterocycles. The van der Waals surface area contributed by atoms with Gasteiger partial charge >= 0.3 is 0 Å². The van der Waals surface area contributed by atoms with Gasteiger partial charge in [-0.05, 0) is 107 Å². The maximum absolute atomic E-state index is 11.3. The minimum atomic E-state index is -0.0731. The van der Waals surface area contributed by atoms with E-state index in [1.165, 1.54) is 50.5 Å². The molecule has 0 radical (unpaired) electrons. The summed E-state index contributed by atoms with van der Waals surface area (Å²) in [6, 6.07) is 43.6. The molecule has 1 aliphatic rings. The third-order valence-electron chi connectivity index (χ3n) is 9.25. The Morgan fingerprint density at radius 2 is 1.28 bits per heavy atom. The second-order valence-corrected chi connectivity index (χ2v) is 12.4. The highest BCUT2D eigenvalue weighted by Crippen LogP contribution is 2.55. The standard InChI is InChI=1S/C39H34N2OS/c1-4-39(5-2)34-24-27(36-21-22-37(40(36)3)38-23-18-31(26-42)43-38)16-19-32(34)33-20-17-30(25-35(33)39)41(28-12-8-6-9-13-28)29-14-10-7-11-15-29/h6-26H,4-5H2,1-3H3. The van der Waals surface area contributed by atoms with Crippen LogP contribution in [-0.4, -0.2) is 10.9 Å². The van der Waals surface area contributed by atoms with Gasteiger partial charge < -0.3 is 9.47 Å². The molecule has 3 nitrogen and oxygen atoms in total. The Balaban J connectivity index is 1.34. The molecule has 0 amide bonds. The van der Waals surface area contributed by atoms with Crippen molar-refractivity contribution in [2.45, 2.75) is 32.1 Å². The molecule has 0 spiro atoms. The van der Waals surface area contributed by atoms with Crippen LogP contribution in [0.4, 0.5) is 17.1 Å². The fourth-order valence-electron chi connectivity index (χ4n) is 7.00. The van der Waals surface area contributed by atoms with Crippen LogP contribution in [0, 0.1) is 0 Å². The van der Waals surface area contributed by atoms with Crippen molar-refractivity contribution in [3.63, 3.8) is 0 Å². The Morgan fingerprint density at radius 3 is 1.88 bits per heavy atom. The Hall–Kier alpha value is -4.67. The minimum Gasteiger partial charge on any atom is -0.343 e. The number of nitrogens with zero attached hydrogens (tertiary/aromatic N) is 2. The Bertz CT molecular complexity index is 1890. The summed E-state index contributed by atoms with van der Waals surface area (Å²) in [6.07, 6.45) is 2.97. The van der Waals surface area contributed by atoms with E-state index in [0.717, 1.165) is 46.0 Å². The van der Waals surface area contributed by atoms with Crippen LogP contribution in [-0.2, 0) is 12.5 Å². The quantitative estimate of drug-likeness (QED) is 0.168. The summed E-state index contributed by atoms with van der Waals surface area (Å²) in [5.74, 6) is 0. The highest BCUT2D eigenvalue weighted by molar-refractivity contribution is 7.17. The Kier molecular flexibility index (Phi) is 6.87. The van der Waals surface area contributed by atoms with Crippen molar-refractivity contribution in [2.24, 2.45) is 7.05 Å². The third-order valence-corrected chi connectivity index (χ3v) is 10.3. The Morgan fingerprint density at radius 1 is 0.674 bits per heavy atom. The number of carbonyl (C=O) groups excluding carboxylic acids is 1. The lowest BCUT2D eigenvalue weighted by Crippen LogP contribution is -2.23. The number of aromatic nitrogens is 1. The fourth-order valence-corrected chi connectivity index (χ4v) is 7.88. The van der Waals surface area contributed by atoms with Crippen LogP contribution in [0.1, 0.15) is 47.5 Å². The average molecular weight is 579 g/mol. The van der Waals surface area contributed by atoms with Crippen molar-refractivity contribution in [2.75, 3.05) is 4.90 Å². The maximum Gasteiger partial charge on any atom is 0.160 e. The van der Waals surface area contributed by atoms with Gasteiger partial charge in [-0.2, -0.15) is 0 Å². The first-order valence-corrected chi connectivity index (χ1v) is 15.8. The van der Waals surface area contributed by atoms with Crippen LogP contribution in [0.25, 0.3) is 33.0 Å². The third kappa shape index (κ3) is 4.36. The molecule has 4 heteroatoms. The molecule has 2 aromatic heterocycles. The van der Waals surface area contributed by atoms with Crippen molar-refractivity contribution in [1.29, 1.82) is 0 Å². The molecule has 0 aliphatic heterocycles. The minimum absolute atomic E-state index is 0.0731. The van der Waals surface area contributed by atoms with E-state index in [1.807, 2.05) is 12.1 Å². The number of aldehydes is 1. The number of carbonyl (C=O) groups is 1. The van der Waals surface area contributed by atoms with E-state index in [4.69, 9.17) is 0 Å². The fraction of sp³-hybridized carbons (Fsp3) is 0.154. The molecule has 0 saturated carbocycles. The van der Waals surface area contributed by atoms with Gasteiger partial charge in [0.1, 0.15) is 0 Å². The number of benzene rings is 4. The highest BCUT2D eigenvalue weighted by Gasteiger charge is 2.41. The number of hydrogen-bond acceptors (Lipinski definition) is 3. The summed E-state index contributed by atoms with van der Waals surface area (Å²) in [5, 5.41) is 0. The molecule has 7 rings (SSSR count).